The molecule has 0 radical (unpaired) electrons. The van der Waals surface area contributed by atoms with Crippen LogP contribution in [-0.2, 0) is 9.53 Å². The fourth-order valence-corrected chi connectivity index (χ4v) is 4.69. The van der Waals surface area contributed by atoms with E-state index in [0.29, 0.717) is 19.9 Å². The van der Waals surface area contributed by atoms with Gasteiger partial charge in [-0.25, -0.2) is 0 Å². The number of rotatable bonds is 6. The first-order chi connectivity index (χ1) is 10.9. The van der Waals surface area contributed by atoms with Crippen molar-refractivity contribution in [1.82, 2.24) is 10.2 Å². The summed E-state index contributed by atoms with van der Waals surface area (Å²) < 4.78 is 5.75. The number of methoxy groups -OCH3 is 1. The van der Waals surface area contributed by atoms with Gasteiger partial charge in [-0.15, -0.1) is 10.2 Å². The monoisotopic (exact) mass is 372 g/mol. The highest BCUT2D eigenvalue weighted by Gasteiger charge is 2.18. The third-order valence-corrected chi connectivity index (χ3v) is 5.81. The van der Waals surface area contributed by atoms with E-state index in [9.17, 15) is 19.8 Å². The topological polar surface area (TPSA) is 110 Å². The molecule has 122 valence electrons. The van der Waals surface area contributed by atoms with E-state index in [-0.39, 0.29) is 23.0 Å². The Morgan fingerprint density at radius 2 is 2.00 bits per heavy atom. The molecule has 1 heterocycles. The molecule has 0 spiro atoms. The van der Waals surface area contributed by atoms with Gasteiger partial charge in [-0.1, -0.05) is 34.9 Å². The highest BCUT2D eigenvalue weighted by molar-refractivity contribution is 8.04. The van der Waals surface area contributed by atoms with Crippen molar-refractivity contribution in [1.29, 1.82) is 0 Å². The quantitative estimate of drug-likeness (QED) is 0.342. The summed E-state index contributed by atoms with van der Waals surface area (Å²) in [6, 6.07) is 2.47. The summed E-state index contributed by atoms with van der Waals surface area (Å²) in [4.78, 5) is 22.4. The second-order valence-electron chi connectivity index (χ2n) is 4.22. The Bertz CT molecular complexity index is 734. The lowest BCUT2D eigenvalue weighted by Crippen LogP contribution is -2.14. The van der Waals surface area contributed by atoms with Gasteiger partial charge in [0, 0.05) is 0 Å². The zero-order chi connectivity index (χ0) is 17.0. The van der Waals surface area contributed by atoms with Crippen LogP contribution in [0.2, 0.25) is 0 Å². The number of benzene rings is 1. The number of phenolic OH excluding ortho intramolecular Hbond substituents is 2. The number of carbonyl (C=O) groups excluding carboxylic acids is 2. The average Bonchev–Trinajstić information content (AvgIpc) is 2.96. The highest BCUT2D eigenvalue weighted by atomic mass is 32.2. The highest BCUT2D eigenvalue weighted by Crippen LogP contribution is 2.40. The summed E-state index contributed by atoms with van der Waals surface area (Å²) in [6.45, 7) is 1.70. The van der Waals surface area contributed by atoms with E-state index in [1.54, 1.807) is 6.92 Å². The Kier molecular flexibility index (Phi) is 5.85. The molecule has 0 aliphatic rings. The molecule has 2 N–H and O–H groups in total. The fourth-order valence-electron chi connectivity index (χ4n) is 1.50. The molecular weight excluding hydrogens is 360 g/mol. The smallest absolute Gasteiger partial charge is 0.318 e. The van der Waals surface area contributed by atoms with E-state index in [0.717, 1.165) is 11.8 Å². The molecule has 0 fully saturated rings. The fraction of sp³-hybridized carbons (Fsp3) is 0.231. The molecule has 0 saturated carbocycles. The van der Waals surface area contributed by atoms with Gasteiger partial charge in [0.05, 0.1) is 17.6 Å². The zero-order valence-electron chi connectivity index (χ0n) is 12.0. The number of nitrogens with zero attached hydrogens (tertiary/aromatic N) is 2. The molecule has 1 aromatic carbocycles. The van der Waals surface area contributed by atoms with E-state index in [2.05, 4.69) is 14.9 Å². The first-order valence-corrected chi connectivity index (χ1v) is 8.72. The van der Waals surface area contributed by atoms with Gasteiger partial charge >= 0.3 is 5.97 Å². The molecule has 10 heteroatoms. The largest absolute Gasteiger partial charge is 0.507 e. The predicted molar refractivity (Wildman–Crippen MR) is 86.5 cm³/mol. The maximum Gasteiger partial charge on any atom is 0.318 e. The first-order valence-electron chi connectivity index (χ1n) is 6.21. The Hall–Kier alpha value is -1.78. The molecule has 7 nitrogen and oxygen atoms in total. The number of hydrogen-bond acceptors (Lipinski definition) is 10. The Morgan fingerprint density at radius 1 is 1.30 bits per heavy atom. The molecule has 0 bridgehead atoms. The van der Waals surface area contributed by atoms with Crippen molar-refractivity contribution < 1.29 is 24.5 Å². The van der Waals surface area contributed by atoms with Gasteiger partial charge in [-0.05, 0) is 19.1 Å². The second-order valence-corrected chi connectivity index (χ2v) is 8.07. The lowest BCUT2D eigenvalue weighted by molar-refractivity contribution is -0.139. The molecule has 1 unspecified atom stereocenters. The summed E-state index contributed by atoms with van der Waals surface area (Å²) in [5.74, 6) is -0.715. The summed E-state index contributed by atoms with van der Waals surface area (Å²) >= 11 is 3.56. The van der Waals surface area contributed by atoms with Gasteiger partial charge < -0.3 is 14.9 Å². The third kappa shape index (κ3) is 4.36. The lowest BCUT2D eigenvalue weighted by atomic mass is 10.2. The van der Waals surface area contributed by atoms with Crippen LogP contribution in [-0.4, -0.2) is 45.0 Å². The molecule has 1 aromatic heterocycles. The van der Waals surface area contributed by atoms with Crippen molar-refractivity contribution in [2.24, 2.45) is 0 Å². The summed E-state index contributed by atoms with van der Waals surface area (Å²) in [7, 11) is 1.32. The van der Waals surface area contributed by atoms with Gasteiger partial charge in [0.15, 0.2) is 15.0 Å². The van der Waals surface area contributed by atoms with E-state index in [1.807, 2.05) is 0 Å². The number of ether oxygens (including phenoxy) is 1. The molecule has 0 aliphatic carbocycles. The number of aromatic nitrogens is 2. The van der Waals surface area contributed by atoms with Crippen LogP contribution < -0.4 is 0 Å². The molecule has 0 amide bonds. The van der Waals surface area contributed by atoms with Crippen LogP contribution in [0.5, 0.6) is 11.5 Å². The van der Waals surface area contributed by atoms with Crippen molar-refractivity contribution in [3.63, 3.8) is 0 Å². The maximum atomic E-state index is 11.4. The summed E-state index contributed by atoms with van der Waals surface area (Å²) in [5, 5.41) is 27.0. The van der Waals surface area contributed by atoms with Crippen molar-refractivity contribution in [3.8, 4) is 11.5 Å². The molecular formula is C13H12N2O5S3. The Labute approximate surface area is 144 Å². The minimum Gasteiger partial charge on any atom is -0.507 e. The van der Waals surface area contributed by atoms with Crippen LogP contribution in [0.1, 0.15) is 17.3 Å². The second kappa shape index (κ2) is 7.66. The van der Waals surface area contributed by atoms with Crippen LogP contribution in [0.25, 0.3) is 0 Å². The van der Waals surface area contributed by atoms with Crippen molar-refractivity contribution >= 4 is 47.1 Å². The summed E-state index contributed by atoms with van der Waals surface area (Å²) in [5.41, 5.74) is 0.00672. The number of aldehydes is 1. The number of esters is 1. The number of aromatic hydroxyl groups is 2. The van der Waals surface area contributed by atoms with Gasteiger partial charge in [0.2, 0.25) is 0 Å². The first kappa shape index (κ1) is 17.6. The predicted octanol–water partition coefficient (Wildman–Crippen LogP) is 2.57. The number of carbonyl (C=O) groups is 2. The SMILES string of the molecule is COC(=O)C(C)Sc1nnc(Sc2cc(O)c(C=O)cc2O)s1. The molecule has 2 aromatic rings. The Morgan fingerprint density at radius 3 is 2.65 bits per heavy atom. The van der Waals surface area contributed by atoms with Crippen LogP contribution in [0.4, 0.5) is 0 Å². The number of hydrogen-bond donors (Lipinski definition) is 2. The van der Waals surface area contributed by atoms with Gasteiger partial charge in [0.25, 0.3) is 0 Å². The zero-order valence-corrected chi connectivity index (χ0v) is 14.5. The lowest BCUT2D eigenvalue weighted by Gasteiger charge is -2.05. The number of thioether (sulfide) groups is 1. The van der Waals surface area contributed by atoms with Crippen molar-refractivity contribution in [3.05, 3.63) is 17.7 Å². The third-order valence-electron chi connectivity index (χ3n) is 2.63. The molecule has 0 aliphatic heterocycles. The molecule has 23 heavy (non-hydrogen) atoms. The van der Waals surface area contributed by atoms with E-state index >= 15 is 0 Å². The Balaban J connectivity index is 2.12. The van der Waals surface area contributed by atoms with Crippen molar-refractivity contribution in [2.45, 2.75) is 25.7 Å². The minimum absolute atomic E-state index is 0.00672. The summed E-state index contributed by atoms with van der Waals surface area (Å²) in [6.07, 6.45) is 0.456. The van der Waals surface area contributed by atoms with Gasteiger partial charge in [0.1, 0.15) is 16.7 Å². The van der Waals surface area contributed by atoms with Gasteiger partial charge in [-0.2, -0.15) is 0 Å². The van der Waals surface area contributed by atoms with E-state index < -0.39 is 5.25 Å². The van der Waals surface area contributed by atoms with E-state index in [4.69, 9.17) is 0 Å². The van der Waals surface area contributed by atoms with Crippen molar-refractivity contribution in [2.75, 3.05) is 7.11 Å². The van der Waals surface area contributed by atoms with Crippen LogP contribution in [0, 0.1) is 0 Å². The standard InChI is InChI=1S/C13H12N2O5S3/c1-6(11(19)20-2)21-12-14-15-13(23-12)22-10-4-8(17)7(5-16)3-9(10)18/h3-6,17-18H,1-2H3. The normalized spacial score (nSPS) is 11.9. The van der Waals surface area contributed by atoms with Crippen LogP contribution >= 0.6 is 34.9 Å². The minimum atomic E-state index is -0.407. The maximum absolute atomic E-state index is 11.4. The average molecular weight is 372 g/mol. The van der Waals surface area contributed by atoms with E-state index in [1.165, 1.54) is 42.3 Å². The molecule has 0 saturated heterocycles. The number of phenols is 2. The van der Waals surface area contributed by atoms with Gasteiger partial charge in [-0.3, -0.25) is 9.59 Å². The molecule has 1 atom stereocenters. The van der Waals surface area contributed by atoms with Crippen LogP contribution in [0.15, 0.2) is 25.7 Å². The molecule has 2 rings (SSSR count). The van der Waals surface area contributed by atoms with Crippen LogP contribution in [0.3, 0.4) is 0 Å².